The van der Waals surface area contributed by atoms with Gasteiger partial charge in [0.25, 0.3) is 0 Å². The fourth-order valence-corrected chi connectivity index (χ4v) is 1.50. The number of anilines is 1. The molecule has 98 valence electrons. The van der Waals surface area contributed by atoms with E-state index in [1.54, 1.807) is 0 Å². The number of hydrogen-bond donors (Lipinski definition) is 2. The van der Waals surface area contributed by atoms with Crippen LogP contribution in [0.5, 0.6) is 6.01 Å². The number of oxime groups is 1. The number of rotatable bonds is 3. The largest absolute Gasteiger partial charge is 0.467 e. The summed E-state index contributed by atoms with van der Waals surface area (Å²) >= 11 is 0. The summed E-state index contributed by atoms with van der Waals surface area (Å²) < 4.78 is 10.2. The molecule has 0 atom stereocenters. The molecule has 0 aromatic carbocycles. The van der Waals surface area contributed by atoms with Gasteiger partial charge in [0.1, 0.15) is 0 Å². The minimum Gasteiger partial charge on any atom is -0.467 e. The number of nitrogens with two attached hydrogens (primary N) is 1. The Bertz CT molecular complexity index is 446. The van der Waals surface area contributed by atoms with E-state index >= 15 is 0 Å². The van der Waals surface area contributed by atoms with Gasteiger partial charge < -0.3 is 25.3 Å². The summed E-state index contributed by atoms with van der Waals surface area (Å²) in [5, 5.41) is 11.5. The van der Waals surface area contributed by atoms with E-state index < -0.39 is 0 Å². The van der Waals surface area contributed by atoms with Crippen LogP contribution in [0.25, 0.3) is 0 Å². The Kier molecular flexibility index (Phi) is 3.72. The van der Waals surface area contributed by atoms with Gasteiger partial charge in [-0.05, 0) is 0 Å². The van der Waals surface area contributed by atoms with E-state index in [4.69, 9.17) is 20.4 Å². The Hall–Kier alpha value is -2.16. The zero-order valence-corrected chi connectivity index (χ0v) is 9.91. The summed E-state index contributed by atoms with van der Waals surface area (Å²) in [5.41, 5.74) is 5.46. The van der Waals surface area contributed by atoms with Crippen molar-refractivity contribution in [3.05, 3.63) is 5.82 Å². The maximum atomic E-state index is 8.64. The van der Waals surface area contributed by atoms with Crippen LogP contribution < -0.4 is 15.4 Å². The molecule has 1 aliphatic rings. The van der Waals surface area contributed by atoms with Gasteiger partial charge in [0.15, 0.2) is 0 Å². The Morgan fingerprint density at radius 3 is 2.72 bits per heavy atom. The second-order valence-electron chi connectivity index (χ2n) is 3.53. The van der Waals surface area contributed by atoms with Crippen molar-refractivity contribution in [3.8, 4) is 6.01 Å². The number of nitrogens with zero attached hydrogens (tertiary/aromatic N) is 5. The summed E-state index contributed by atoms with van der Waals surface area (Å²) in [7, 11) is 1.44. The second-order valence-corrected chi connectivity index (χ2v) is 3.53. The molecular formula is C9H14N6O3. The monoisotopic (exact) mass is 254 g/mol. The molecule has 2 rings (SSSR count). The molecule has 0 radical (unpaired) electrons. The standard InChI is InChI=1S/C9H14N6O3/c1-17-9-12-7(6(10)14-16)11-8(13-9)15-2-4-18-5-3-15/h16H,2-5H2,1H3,(H2,10,14). The van der Waals surface area contributed by atoms with Crippen LogP contribution in [0.3, 0.4) is 0 Å². The van der Waals surface area contributed by atoms with Gasteiger partial charge in [0, 0.05) is 13.1 Å². The molecule has 0 aliphatic carbocycles. The van der Waals surface area contributed by atoms with Gasteiger partial charge in [-0.1, -0.05) is 5.16 Å². The van der Waals surface area contributed by atoms with Gasteiger partial charge in [-0.3, -0.25) is 0 Å². The van der Waals surface area contributed by atoms with Gasteiger partial charge in [0.2, 0.25) is 17.6 Å². The Balaban J connectivity index is 2.33. The molecule has 0 bridgehead atoms. The van der Waals surface area contributed by atoms with Gasteiger partial charge in [0.05, 0.1) is 20.3 Å². The van der Waals surface area contributed by atoms with Crippen molar-refractivity contribution in [2.45, 2.75) is 0 Å². The lowest BCUT2D eigenvalue weighted by molar-refractivity contribution is 0.122. The first-order valence-corrected chi connectivity index (χ1v) is 5.35. The average Bonchev–Trinajstić information content (AvgIpc) is 2.46. The third-order valence-corrected chi connectivity index (χ3v) is 2.42. The molecule has 1 aromatic heterocycles. The highest BCUT2D eigenvalue weighted by atomic mass is 16.5. The first-order valence-electron chi connectivity index (χ1n) is 5.35. The van der Waals surface area contributed by atoms with E-state index in [1.165, 1.54) is 7.11 Å². The molecule has 9 nitrogen and oxygen atoms in total. The lowest BCUT2D eigenvalue weighted by atomic mass is 10.4. The van der Waals surface area contributed by atoms with Crippen molar-refractivity contribution in [2.24, 2.45) is 10.9 Å². The zero-order chi connectivity index (χ0) is 13.0. The van der Waals surface area contributed by atoms with E-state index in [9.17, 15) is 0 Å². The number of ether oxygens (including phenoxy) is 2. The maximum absolute atomic E-state index is 8.64. The smallest absolute Gasteiger partial charge is 0.321 e. The van der Waals surface area contributed by atoms with Crippen LogP contribution in [-0.4, -0.2) is 59.4 Å². The molecule has 1 fully saturated rings. The Morgan fingerprint density at radius 2 is 2.11 bits per heavy atom. The van der Waals surface area contributed by atoms with E-state index in [-0.39, 0.29) is 17.7 Å². The molecule has 18 heavy (non-hydrogen) atoms. The van der Waals surface area contributed by atoms with Crippen LogP contribution in [0.15, 0.2) is 5.16 Å². The van der Waals surface area contributed by atoms with Gasteiger partial charge in [-0.2, -0.15) is 15.0 Å². The first kappa shape index (κ1) is 12.3. The predicted octanol–water partition coefficient (Wildman–Crippen LogP) is -1.19. The number of hydrogen-bond acceptors (Lipinski definition) is 8. The van der Waals surface area contributed by atoms with Crippen LogP contribution in [0.4, 0.5) is 5.95 Å². The van der Waals surface area contributed by atoms with Crippen molar-refractivity contribution in [2.75, 3.05) is 38.3 Å². The molecule has 1 aliphatic heterocycles. The van der Waals surface area contributed by atoms with Gasteiger partial charge in [-0.25, -0.2) is 0 Å². The van der Waals surface area contributed by atoms with Crippen molar-refractivity contribution in [1.29, 1.82) is 0 Å². The molecule has 3 N–H and O–H groups in total. The summed E-state index contributed by atoms with van der Waals surface area (Å²) in [6.45, 7) is 2.55. The van der Waals surface area contributed by atoms with E-state index in [0.717, 1.165) is 0 Å². The van der Waals surface area contributed by atoms with Crippen molar-refractivity contribution >= 4 is 11.8 Å². The minimum atomic E-state index is -0.190. The molecule has 0 saturated carbocycles. The maximum Gasteiger partial charge on any atom is 0.321 e. The number of methoxy groups -OCH3 is 1. The van der Waals surface area contributed by atoms with E-state index in [1.807, 2.05) is 4.90 Å². The highest BCUT2D eigenvalue weighted by Gasteiger charge is 2.18. The van der Waals surface area contributed by atoms with E-state index in [2.05, 4.69) is 20.1 Å². The fraction of sp³-hybridized carbons (Fsp3) is 0.556. The lowest BCUT2D eigenvalue weighted by Gasteiger charge is -2.26. The molecule has 0 spiro atoms. The summed E-state index contributed by atoms with van der Waals surface area (Å²) in [6.07, 6.45) is 0. The van der Waals surface area contributed by atoms with Crippen molar-refractivity contribution in [3.63, 3.8) is 0 Å². The molecule has 9 heteroatoms. The van der Waals surface area contributed by atoms with Crippen LogP contribution in [0.1, 0.15) is 5.82 Å². The van der Waals surface area contributed by atoms with Gasteiger partial charge >= 0.3 is 6.01 Å². The number of morpholine rings is 1. The van der Waals surface area contributed by atoms with Crippen molar-refractivity contribution in [1.82, 2.24) is 15.0 Å². The molecule has 1 saturated heterocycles. The topological polar surface area (TPSA) is 119 Å². The fourth-order valence-electron chi connectivity index (χ4n) is 1.50. The molecule has 1 aromatic rings. The second kappa shape index (κ2) is 5.45. The Labute approximate surface area is 103 Å². The average molecular weight is 254 g/mol. The highest BCUT2D eigenvalue weighted by Crippen LogP contribution is 2.13. The normalized spacial score (nSPS) is 16.7. The minimum absolute atomic E-state index is 0.0749. The first-order chi connectivity index (χ1) is 8.74. The number of aromatic nitrogens is 3. The zero-order valence-electron chi connectivity index (χ0n) is 9.91. The van der Waals surface area contributed by atoms with Gasteiger partial charge in [-0.15, -0.1) is 0 Å². The third kappa shape index (κ3) is 2.56. The quantitative estimate of drug-likeness (QED) is 0.299. The third-order valence-electron chi connectivity index (χ3n) is 2.42. The van der Waals surface area contributed by atoms with Crippen molar-refractivity contribution < 1.29 is 14.7 Å². The summed E-state index contributed by atoms with van der Waals surface area (Å²) in [4.78, 5) is 14.1. The molecule has 0 unspecified atom stereocenters. The SMILES string of the molecule is COc1nc(/C(N)=N/O)nc(N2CCOCC2)n1. The van der Waals surface area contributed by atoms with Crippen LogP contribution in [0.2, 0.25) is 0 Å². The highest BCUT2D eigenvalue weighted by molar-refractivity contribution is 5.93. The van der Waals surface area contributed by atoms with Crippen LogP contribution >= 0.6 is 0 Å². The summed E-state index contributed by atoms with van der Waals surface area (Å²) in [5.74, 6) is 0.308. The predicted molar refractivity (Wildman–Crippen MR) is 61.9 cm³/mol. The number of amidine groups is 1. The Morgan fingerprint density at radius 1 is 1.39 bits per heavy atom. The van der Waals surface area contributed by atoms with Crippen LogP contribution in [0, 0.1) is 0 Å². The van der Waals surface area contributed by atoms with E-state index in [0.29, 0.717) is 32.3 Å². The molecule has 2 heterocycles. The molecular weight excluding hydrogens is 240 g/mol. The lowest BCUT2D eigenvalue weighted by Crippen LogP contribution is -2.38. The molecule has 0 amide bonds. The van der Waals surface area contributed by atoms with Crippen LogP contribution in [-0.2, 0) is 4.74 Å². The summed E-state index contributed by atoms with van der Waals surface area (Å²) in [6, 6.07) is 0.119.